The molecule has 5 nitrogen and oxygen atoms in total. The Morgan fingerprint density at radius 1 is 1.36 bits per heavy atom. The summed E-state index contributed by atoms with van der Waals surface area (Å²) in [6.07, 6.45) is 2.52. The number of anilines is 1. The van der Waals surface area contributed by atoms with Crippen molar-refractivity contribution in [3.05, 3.63) is 50.4 Å². The molecule has 1 atom stereocenters. The minimum Gasteiger partial charge on any atom is -0.372 e. The standard InChI is InChI=1S/C18H21Cl2N3O2/c1-4-18(3)11-22(7-8-25-18)15-10-21-23(17(24)16(15)20)13-6-5-12(2)14(19)9-13/h5-6,9-10H,4,7-8,11H2,1-3H3. The van der Waals surface area contributed by atoms with Crippen molar-refractivity contribution in [1.82, 2.24) is 9.78 Å². The number of hydrogen-bond acceptors (Lipinski definition) is 4. The smallest absolute Gasteiger partial charge is 0.292 e. The van der Waals surface area contributed by atoms with Crippen molar-refractivity contribution in [1.29, 1.82) is 0 Å². The van der Waals surface area contributed by atoms with E-state index in [9.17, 15) is 4.79 Å². The van der Waals surface area contributed by atoms with Gasteiger partial charge in [0.15, 0.2) is 0 Å². The van der Waals surface area contributed by atoms with Crippen LogP contribution in [0, 0.1) is 6.92 Å². The van der Waals surface area contributed by atoms with Crippen LogP contribution in [0.15, 0.2) is 29.2 Å². The summed E-state index contributed by atoms with van der Waals surface area (Å²) in [6, 6.07) is 5.36. The fraction of sp³-hybridized carbons (Fsp3) is 0.444. The number of nitrogens with zero attached hydrogens (tertiary/aromatic N) is 3. The minimum atomic E-state index is -0.358. The highest BCUT2D eigenvalue weighted by molar-refractivity contribution is 6.33. The van der Waals surface area contributed by atoms with Gasteiger partial charge >= 0.3 is 0 Å². The number of morpholine rings is 1. The third kappa shape index (κ3) is 3.54. The van der Waals surface area contributed by atoms with Crippen molar-refractivity contribution in [3.63, 3.8) is 0 Å². The molecule has 1 aliphatic rings. The molecule has 0 amide bonds. The molecule has 25 heavy (non-hydrogen) atoms. The summed E-state index contributed by atoms with van der Waals surface area (Å²) in [4.78, 5) is 14.8. The number of rotatable bonds is 3. The summed E-state index contributed by atoms with van der Waals surface area (Å²) in [6.45, 7) is 8.00. The SMILES string of the molecule is CCC1(C)CN(c2cnn(-c3ccc(C)c(Cl)c3)c(=O)c2Cl)CCO1. The van der Waals surface area contributed by atoms with Gasteiger partial charge in [-0.15, -0.1) is 0 Å². The molecular weight excluding hydrogens is 361 g/mol. The lowest BCUT2D eigenvalue weighted by Crippen LogP contribution is -2.50. The molecule has 0 N–H and O–H groups in total. The third-order valence-corrected chi connectivity index (χ3v) is 5.49. The second-order valence-electron chi connectivity index (χ2n) is 6.57. The van der Waals surface area contributed by atoms with Gasteiger partial charge < -0.3 is 9.64 Å². The molecular formula is C18H21Cl2N3O2. The molecule has 0 radical (unpaired) electrons. The van der Waals surface area contributed by atoms with Crippen molar-refractivity contribution < 1.29 is 4.74 Å². The molecule has 0 bridgehead atoms. The van der Waals surface area contributed by atoms with Gasteiger partial charge in [-0.25, -0.2) is 0 Å². The molecule has 7 heteroatoms. The third-order valence-electron chi connectivity index (χ3n) is 4.73. The van der Waals surface area contributed by atoms with E-state index in [2.05, 4.69) is 23.8 Å². The molecule has 3 rings (SSSR count). The zero-order valence-corrected chi connectivity index (χ0v) is 16.1. The molecule has 1 saturated heterocycles. The van der Waals surface area contributed by atoms with Crippen molar-refractivity contribution >= 4 is 28.9 Å². The Hall–Kier alpha value is -1.56. The largest absolute Gasteiger partial charge is 0.372 e. The molecule has 0 spiro atoms. The second-order valence-corrected chi connectivity index (χ2v) is 7.35. The van der Waals surface area contributed by atoms with Crippen LogP contribution in [-0.2, 0) is 4.74 Å². The number of benzene rings is 1. The van der Waals surface area contributed by atoms with Gasteiger partial charge in [0.05, 0.1) is 29.8 Å². The summed E-state index contributed by atoms with van der Waals surface area (Å²) >= 11 is 12.6. The number of aryl methyl sites for hydroxylation is 1. The predicted octanol–water partition coefficient (Wildman–Crippen LogP) is 3.85. The highest BCUT2D eigenvalue weighted by Gasteiger charge is 2.32. The molecule has 1 unspecified atom stereocenters. The number of ether oxygens (including phenoxy) is 1. The van der Waals surface area contributed by atoms with E-state index in [-0.39, 0.29) is 16.2 Å². The fourth-order valence-electron chi connectivity index (χ4n) is 2.89. The molecule has 1 fully saturated rings. The minimum absolute atomic E-state index is 0.159. The fourth-order valence-corrected chi connectivity index (χ4v) is 3.32. The second kappa shape index (κ2) is 6.98. The van der Waals surface area contributed by atoms with Gasteiger partial charge in [0.2, 0.25) is 0 Å². The van der Waals surface area contributed by atoms with Gasteiger partial charge in [-0.1, -0.05) is 36.2 Å². The molecule has 134 valence electrons. The normalized spacial score (nSPS) is 20.8. The van der Waals surface area contributed by atoms with E-state index in [1.54, 1.807) is 18.3 Å². The van der Waals surface area contributed by atoms with Crippen LogP contribution in [0.3, 0.4) is 0 Å². The molecule has 1 aromatic heterocycles. The van der Waals surface area contributed by atoms with Gasteiger partial charge in [0.1, 0.15) is 5.02 Å². The van der Waals surface area contributed by atoms with E-state index in [0.29, 0.717) is 36.1 Å². The number of halogens is 2. The summed E-state index contributed by atoms with van der Waals surface area (Å²) in [7, 11) is 0. The quantitative estimate of drug-likeness (QED) is 0.809. The van der Waals surface area contributed by atoms with Crippen LogP contribution < -0.4 is 10.5 Å². The average Bonchev–Trinajstić information content (AvgIpc) is 2.60. The van der Waals surface area contributed by atoms with Crippen molar-refractivity contribution in [2.75, 3.05) is 24.6 Å². The lowest BCUT2D eigenvalue weighted by atomic mass is 10.0. The van der Waals surface area contributed by atoms with Crippen LogP contribution in [0.2, 0.25) is 10.0 Å². The molecule has 1 aromatic carbocycles. The lowest BCUT2D eigenvalue weighted by molar-refractivity contribution is -0.0441. The number of aromatic nitrogens is 2. The first kappa shape index (κ1) is 18.2. The maximum absolute atomic E-state index is 12.7. The zero-order valence-electron chi connectivity index (χ0n) is 14.6. The Morgan fingerprint density at radius 2 is 2.12 bits per heavy atom. The lowest BCUT2D eigenvalue weighted by Gasteiger charge is -2.41. The van der Waals surface area contributed by atoms with Crippen LogP contribution in [-0.4, -0.2) is 35.1 Å². The highest BCUT2D eigenvalue weighted by Crippen LogP contribution is 2.29. The van der Waals surface area contributed by atoms with Gasteiger partial charge in [-0.2, -0.15) is 9.78 Å². The Labute approximate surface area is 157 Å². The first-order chi connectivity index (χ1) is 11.8. The monoisotopic (exact) mass is 381 g/mol. The highest BCUT2D eigenvalue weighted by atomic mass is 35.5. The number of hydrogen-bond donors (Lipinski definition) is 0. The van der Waals surface area contributed by atoms with Gasteiger partial charge in [0.25, 0.3) is 5.56 Å². The maximum Gasteiger partial charge on any atom is 0.292 e. The first-order valence-corrected chi connectivity index (χ1v) is 9.03. The van der Waals surface area contributed by atoms with E-state index < -0.39 is 0 Å². The van der Waals surface area contributed by atoms with Gasteiger partial charge in [-0.3, -0.25) is 4.79 Å². The van der Waals surface area contributed by atoms with E-state index >= 15 is 0 Å². The molecule has 2 heterocycles. The molecule has 0 saturated carbocycles. The topological polar surface area (TPSA) is 47.4 Å². The van der Waals surface area contributed by atoms with E-state index in [1.807, 2.05) is 13.0 Å². The van der Waals surface area contributed by atoms with Crippen LogP contribution in [0.5, 0.6) is 0 Å². The summed E-state index contributed by atoms with van der Waals surface area (Å²) in [5.74, 6) is 0. The molecule has 0 aliphatic carbocycles. The molecule has 2 aromatic rings. The summed E-state index contributed by atoms with van der Waals surface area (Å²) < 4.78 is 7.13. The van der Waals surface area contributed by atoms with Crippen molar-refractivity contribution in [2.24, 2.45) is 0 Å². The Bertz CT molecular complexity index is 853. The van der Waals surface area contributed by atoms with Crippen LogP contribution in [0.25, 0.3) is 5.69 Å². The van der Waals surface area contributed by atoms with Crippen molar-refractivity contribution in [3.8, 4) is 5.69 Å². The van der Waals surface area contributed by atoms with Gasteiger partial charge in [-0.05, 0) is 38.0 Å². The maximum atomic E-state index is 12.7. The predicted molar refractivity (Wildman–Crippen MR) is 101 cm³/mol. The van der Waals surface area contributed by atoms with Crippen molar-refractivity contribution in [2.45, 2.75) is 32.8 Å². The Balaban J connectivity index is 1.98. The van der Waals surface area contributed by atoms with E-state index in [0.717, 1.165) is 12.0 Å². The Kier molecular flexibility index (Phi) is 5.09. The van der Waals surface area contributed by atoms with Crippen LogP contribution >= 0.6 is 23.2 Å². The first-order valence-electron chi connectivity index (χ1n) is 8.28. The van der Waals surface area contributed by atoms with Crippen LogP contribution in [0.1, 0.15) is 25.8 Å². The van der Waals surface area contributed by atoms with E-state index in [4.69, 9.17) is 27.9 Å². The summed E-state index contributed by atoms with van der Waals surface area (Å²) in [5, 5.41) is 5.05. The van der Waals surface area contributed by atoms with Crippen LogP contribution in [0.4, 0.5) is 5.69 Å². The van der Waals surface area contributed by atoms with E-state index in [1.165, 1.54) is 4.68 Å². The zero-order chi connectivity index (χ0) is 18.2. The molecule has 1 aliphatic heterocycles. The average molecular weight is 382 g/mol. The van der Waals surface area contributed by atoms with Gasteiger partial charge in [0, 0.05) is 18.1 Å². The Morgan fingerprint density at radius 3 is 2.80 bits per heavy atom. The summed E-state index contributed by atoms with van der Waals surface area (Å²) in [5.41, 5.74) is 1.57.